The van der Waals surface area contributed by atoms with Crippen LogP contribution in [-0.2, 0) is 14.3 Å². The van der Waals surface area contributed by atoms with Crippen molar-refractivity contribution in [3.8, 4) is 0 Å². The minimum absolute atomic E-state index is 0.235. The van der Waals surface area contributed by atoms with Crippen LogP contribution in [0, 0.1) is 5.41 Å². The van der Waals surface area contributed by atoms with Crippen LogP contribution in [0.25, 0.3) is 0 Å². The van der Waals surface area contributed by atoms with Gasteiger partial charge in [-0.05, 0) is 13.3 Å². The van der Waals surface area contributed by atoms with Crippen molar-refractivity contribution in [3.05, 3.63) is 0 Å². The second kappa shape index (κ2) is 5.46. The Hall–Kier alpha value is -1.14. The number of carboxylic acid groups (broad SMARTS) is 1. The van der Waals surface area contributed by atoms with Crippen molar-refractivity contribution in [2.24, 2.45) is 11.1 Å². The first-order valence-corrected chi connectivity index (χ1v) is 5.79. The SMILES string of the molecule is CCCC(NC(=O)C1(C)COCC1N)C(=O)O. The zero-order chi connectivity index (χ0) is 13.1. The van der Waals surface area contributed by atoms with E-state index in [1.165, 1.54) is 0 Å². The van der Waals surface area contributed by atoms with Gasteiger partial charge in [-0.3, -0.25) is 4.79 Å². The summed E-state index contributed by atoms with van der Waals surface area (Å²) in [6.07, 6.45) is 1.10. The highest BCUT2D eigenvalue weighted by Gasteiger charge is 2.45. The molecule has 1 aliphatic rings. The Balaban J connectivity index is 2.66. The average Bonchev–Trinajstić information content (AvgIpc) is 2.59. The van der Waals surface area contributed by atoms with Crippen molar-refractivity contribution in [1.29, 1.82) is 0 Å². The van der Waals surface area contributed by atoms with Crippen LogP contribution < -0.4 is 11.1 Å². The highest BCUT2D eigenvalue weighted by atomic mass is 16.5. The molecular weight excluding hydrogens is 224 g/mol. The quantitative estimate of drug-likeness (QED) is 0.617. The molecule has 0 bridgehead atoms. The Bertz CT molecular complexity index is 308. The lowest BCUT2D eigenvalue weighted by Gasteiger charge is -2.27. The van der Waals surface area contributed by atoms with E-state index in [4.69, 9.17) is 15.6 Å². The highest BCUT2D eigenvalue weighted by molar-refractivity contribution is 5.88. The van der Waals surface area contributed by atoms with Crippen LogP contribution in [-0.4, -0.2) is 42.3 Å². The average molecular weight is 244 g/mol. The molecule has 0 aliphatic carbocycles. The molecule has 1 amide bonds. The lowest BCUT2D eigenvalue weighted by molar-refractivity contribution is -0.144. The van der Waals surface area contributed by atoms with Gasteiger partial charge in [0.05, 0.1) is 18.6 Å². The fourth-order valence-corrected chi connectivity index (χ4v) is 1.79. The number of amides is 1. The number of nitrogens with two attached hydrogens (primary N) is 1. The summed E-state index contributed by atoms with van der Waals surface area (Å²) >= 11 is 0. The molecule has 0 spiro atoms. The van der Waals surface area contributed by atoms with Gasteiger partial charge in [-0.25, -0.2) is 4.79 Å². The molecule has 1 fully saturated rings. The third-order valence-corrected chi connectivity index (χ3v) is 3.22. The molecule has 17 heavy (non-hydrogen) atoms. The summed E-state index contributed by atoms with van der Waals surface area (Å²) in [5.41, 5.74) is 4.97. The minimum Gasteiger partial charge on any atom is -0.480 e. The third-order valence-electron chi connectivity index (χ3n) is 3.22. The van der Waals surface area contributed by atoms with Crippen LogP contribution in [0.2, 0.25) is 0 Å². The van der Waals surface area contributed by atoms with Crippen molar-refractivity contribution < 1.29 is 19.4 Å². The summed E-state index contributed by atoms with van der Waals surface area (Å²) in [6.45, 7) is 4.13. The second-order valence-corrected chi connectivity index (χ2v) is 4.69. The second-order valence-electron chi connectivity index (χ2n) is 4.69. The summed E-state index contributed by atoms with van der Waals surface area (Å²) in [5, 5.41) is 11.5. The van der Waals surface area contributed by atoms with Gasteiger partial charge in [0.25, 0.3) is 0 Å². The molecule has 6 nitrogen and oxygen atoms in total. The fourth-order valence-electron chi connectivity index (χ4n) is 1.79. The molecule has 4 N–H and O–H groups in total. The van der Waals surface area contributed by atoms with Crippen LogP contribution >= 0.6 is 0 Å². The number of hydrogen-bond acceptors (Lipinski definition) is 4. The van der Waals surface area contributed by atoms with E-state index >= 15 is 0 Å². The molecule has 1 rings (SSSR count). The summed E-state index contributed by atoms with van der Waals surface area (Å²) < 4.78 is 5.16. The van der Waals surface area contributed by atoms with Gasteiger partial charge in [-0.15, -0.1) is 0 Å². The number of ether oxygens (including phenoxy) is 1. The Kier molecular flexibility index (Phi) is 4.47. The molecule has 1 aliphatic heterocycles. The van der Waals surface area contributed by atoms with E-state index < -0.39 is 23.5 Å². The summed E-state index contributed by atoms with van der Waals surface area (Å²) in [5.74, 6) is -1.36. The predicted molar refractivity (Wildman–Crippen MR) is 61.4 cm³/mol. The molecule has 1 heterocycles. The number of carbonyl (C=O) groups excluding carboxylic acids is 1. The van der Waals surface area contributed by atoms with Gasteiger partial charge in [0.15, 0.2) is 0 Å². The minimum atomic E-state index is -1.02. The zero-order valence-electron chi connectivity index (χ0n) is 10.2. The van der Waals surface area contributed by atoms with Crippen molar-refractivity contribution in [3.63, 3.8) is 0 Å². The summed E-state index contributed by atoms with van der Waals surface area (Å²) in [7, 11) is 0. The van der Waals surface area contributed by atoms with Gasteiger partial charge >= 0.3 is 5.97 Å². The maximum absolute atomic E-state index is 12.0. The molecule has 3 unspecified atom stereocenters. The monoisotopic (exact) mass is 244 g/mol. The Morgan fingerprint density at radius 3 is 2.71 bits per heavy atom. The van der Waals surface area contributed by atoms with E-state index in [2.05, 4.69) is 5.32 Å². The van der Waals surface area contributed by atoms with Crippen LogP contribution in [0.15, 0.2) is 0 Å². The normalized spacial score (nSPS) is 29.9. The molecule has 0 aromatic rings. The van der Waals surface area contributed by atoms with Crippen LogP contribution in [0.4, 0.5) is 0 Å². The van der Waals surface area contributed by atoms with Crippen molar-refractivity contribution >= 4 is 11.9 Å². The number of carboxylic acids is 1. The Morgan fingerprint density at radius 2 is 2.29 bits per heavy atom. The van der Waals surface area contributed by atoms with Gasteiger partial charge in [0, 0.05) is 6.04 Å². The number of carbonyl (C=O) groups is 2. The van der Waals surface area contributed by atoms with Crippen LogP contribution in [0.1, 0.15) is 26.7 Å². The Morgan fingerprint density at radius 1 is 1.65 bits per heavy atom. The molecule has 0 aromatic carbocycles. The van der Waals surface area contributed by atoms with E-state index in [9.17, 15) is 9.59 Å². The first kappa shape index (κ1) is 13.9. The standard InChI is InChI=1S/C11H20N2O4/c1-3-4-7(9(14)15)13-10(16)11(2)6-17-5-8(11)12/h7-8H,3-6,12H2,1-2H3,(H,13,16)(H,14,15). The van der Waals surface area contributed by atoms with E-state index in [-0.39, 0.29) is 12.5 Å². The predicted octanol–water partition coefficient (Wildman–Crippen LogP) is -0.280. The molecule has 3 atom stereocenters. The number of aliphatic carboxylic acids is 1. The van der Waals surface area contributed by atoms with Crippen LogP contribution in [0.3, 0.4) is 0 Å². The largest absolute Gasteiger partial charge is 0.480 e. The van der Waals surface area contributed by atoms with Crippen LogP contribution in [0.5, 0.6) is 0 Å². The van der Waals surface area contributed by atoms with E-state index in [0.29, 0.717) is 19.4 Å². The van der Waals surface area contributed by atoms with Gasteiger partial charge in [0.1, 0.15) is 6.04 Å². The number of hydrogen-bond donors (Lipinski definition) is 3. The van der Waals surface area contributed by atoms with E-state index in [1.54, 1.807) is 6.92 Å². The number of rotatable bonds is 5. The third kappa shape index (κ3) is 2.95. The molecule has 0 radical (unpaired) electrons. The van der Waals surface area contributed by atoms with Crippen molar-refractivity contribution in [2.45, 2.75) is 38.8 Å². The summed E-state index contributed by atoms with van der Waals surface area (Å²) in [6, 6.07) is -1.24. The number of nitrogens with one attached hydrogen (secondary N) is 1. The Labute approximate surface area is 101 Å². The first-order valence-electron chi connectivity index (χ1n) is 5.79. The molecule has 0 aromatic heterocycles. The molecule has 0 saturated carbocycles. The van der Waals surface area contributed by atoms with Crippen molar-refractivity contribution in [2.75, 3.05) is 13.2 Å². The maximum atomic E-state index is 12.0. The van der Waals surface area contributed by atoms with Gasteiger partial charge in [0.2, 0.25) is 5.91 Å². The molecule has 98 valence electrons. The lowest BCUT2D eigenvalue weighted by Crippen LogP contribution is -2.53. The van der Waals surface area contributed by atoms with Crippen molar-refractivity contribution in [1.82, 2.24) is 5.32 Å². The van der Waals surface area contributed by atoms with Gasteiger partial charge in [-0.2, -0.15) is 0 Å². The van der Waals surface area contributed by atoms with E-state index in [0.717, 1.165) is 0 Å². The zero-order valence-corrected chi connectivity index (χ0v) is 10.2. The fraction of sp³-hybridized carbons (Fsp3) is 0.818. The topological polar surface area (TPSA) is 102 Å². The first-order chi connectivity index (χ1) is 7.91. The molecular formula is C11H20N2O4. The van der Waals surface area contributed by atoms with E-state index in [1.807, 2.05) is 6.92 Å². The lowest BCUT2D eigenvalue weighted by atomic mass is 9.84. The molecule has 1 saturated heterocycles. The highest BCUT2D eigenvalue weighted by Crippen LogP contribution is 2.27. The molecule has 6 heteroatoms. The van der Waals surface area contributed by atoms with Gasteiger partial charge < -0.3 is 20.9 Å². The van der Waals surface area contributed by atoms with Gasteiger partial charge in [-0.1, -0.05) is 13.3 Å². The maximum Gasteiger partial charge on any atom is 0.326 e. The smallest absolute Gasteiger partial charge is 0.326 e. The summed E-state index contributed by atoms with van der Waals surface area (Å²) in [4.78, 5) is 23.0.